The predicted molar refractivity (Wildman–Crippen MR) is 87.2 cm³/mol. The fraction of sp³-hybridized carbons (Fsp3) is 0. The number of aromatic nitrogens is 3. The van der Waals surface area contributed by atoms with Crippen molar-refractivity contribution in [3.63, 3.8) is 0 Å². The summed E-state index contributed by atoms with van der Waals surface area (Å²) < 4.78 is 0. The maximum Gasteiger partial charge on any atom is 0.156 e. The zero-order valence-corrected chi connectivity index (χ0v) is 11.5. The van der Waals surface area contributed by atoms with Gasteiger partial charge in [0.1, 0.15) is 11.6 Å². The number of fused-ring (bicyclic) bond motifs is 3. The van der Waals surface area contributed by atoms with Gasteiger partial charge in [0.25, 0.3) is 0 Å². The van der Waals surface area contributed by atoms with Gasteiger partial charge in [-0.05, 0) is 18.2 Å². The van der Waals surface area contributed by atoms with Crippen molar-refractivity contribution in [2.45, 2.75) is 0 Å². The zero-order valence-electron chi connectivity index (χ0n) is 11.5. The van der Waals surface area contributed by atoms with E-state index in [1.54, 1.807) is 18.2 Å². The molecule has 108 valence electrons. The molecule has 4 rings (SSSR count). The highest BCUT2D eigenvalue weighted by molar-refractivity contribution is 6.12. The summed E-state index contributed by atoms with van der Waals surface area (Å²) in [6.07, 6.45) is 0. The van der Waals surface area contributed by atoms with E-state index in [0.29, 0.717) is 11.6 Å². The second kappa shape index (κ2) is 4.63. The van der Waals surface area contributed by atoms with E-state index < -0.39 is 0 Å². The summed E-state index contributed by atoms with van der Waals surface area (Å²) in [5.74, 6) is 1.17. The van der Waals surface area contributed by atoms with Crippen molar-refractivity contribution in [1.82, 2.24) is 15.2 Å². The van der Waals surface area contributed by atoms with Crippen LogP contribution in [0.4, 0.5) is 17.3 Å². The second-order valence-electron chi connectivity index (χ2n) is 5.01. The van der Waals surface area contributed by atoms with Crippen LogP contribution >= 0.6 is 0 Å². The second-order valence-corrected chi connectivity index (χ2v) is 5.01. The molecule has 0 saturated heterocycles. The van der Waals surface area contributed by atoms with Crippen LogP contribution in [0.3, 0.4) is 0 Å². The standard InChI is InChI=1S/C16H13N5O/c17-15-13-14(20-21-15)11-6-1-2-7-12(11)19-16(13)18-9-4-3-5-10(22)8-9/h1-8,22H,(H,18,19)(H3,17,20,21). The molecule has 0 aliphatic rings. The number of pyridine rings is 1. The van der Waals surface area contributed by atoms with E-state index >= 15 is 0 Å². The molecule has 0 aliphatic heterocycles. The van der Waals surface area contributed by atoms with Gasteiger partial charge >= 0.3 is 0 Å². The SMILES string of the molecule is Nc1n[nH]c2c1c(Nc1cccc(O)c1)nc1ccccc12. The highest BCUT2D eigenvalue weighted by atomic mass is 16.3. The fourth-order valence-electron chi connectivity index (χ4n) is 2.56. The molecule has 6 heteroatoms. The minimum atomic E-state index is 0.183. The van der Waals surface area contributed by atoms with Crippen LogP contribution in [-0.2, 0) is 0 Å². The first-order valence-corrected chi connectivity index (χ1v) is 6.81. The molecule has 0 atom stereocenters. The van der Waals surface area contributed by atoms with Crippen LogP contribution in [0, 0.1) is 0 Å². The number of aromatic amines is 1. The van der Waals surface area contributed by atoms with Crippen LogP contribution in [0.1, 0.15) is 0 Å². The molecule has 2 aromatic heterocycles. The monoisotopic (exact) mass is 291 g/mol. The van der Waals surface area contributed by atoms with E-state index in [-0.39, 0.29) is 5.75 Å². The molecule has 0 radical (unpaired) electrons. The Hall–Kier alpha value is -3.28. The van der Waals surface area contributed by atoms with E-state index in [2.05, 4.69) is 20.5 Å². The van der Waals surface area contributed by atoms with E-state index in [0.717, 1.165) is 27.5 Å². The van der Waals surface area contributed by atoms with Crippen LogP contribution in [0.2, 0.25) is 0 Å². The van der Waals surface area contributed by atoms with Crippen molar-refractivity contribution in [3.05, 3.63) is 48.5 Å². The molecule has 6 nitrogen and oxygen atoms in total. The van der Waals surface area contributed by atoms with Crippen molar-refractivity contribution in [3.8, 4) is 5.75 Å². The van der Waals surface area contributed by atoms with Gasteiger partial charge in [-0.2, -0.15) is 5.10 Å². The summed E-state index contributed by atoms with van der Waals surface area (Å²) in [7, 11) is 0. The topological polar surface area (TPSA) is 99.8 Å². The Morgan fingerprint density at radius 1 is 1.09 bits per heavy atom. The first-order valence-electron chi connectivity index (χ1n) is 6.81. The van der Waals surface area contributed by atoms with E-state index in [4.69, 9.17) is 5.73 Å². The third kappa shape index (κ3) is 1.89. The molecule has 0 unspecified atom stereocenters. The molecular weight excluding hydrogens is 278 g/mol. The van der Waals surface area contributed by atoms with E-state index in [1.165, 1.54) is 0 Å². The first kappa shape index (κ1) is 12.5. The number of rotatable bonds is 2. The number of H-pyrrole nitrogens is 1. The smallest absolute Gasteiger partial charge is 0.156 e. The van der Waals surface area contributed by atoms with Crippen molar-refractivity contribution in [2.24, 2.45) is 0 Å². The number of aromatic hydroxyl groups is 1. The molecular formula is C16H13N5O. The number of anilines is 3. The summed E-state index contributed by atoms with van der Waals surface area (Å²) in [6, 6.07) is 14.6. The summed E-state index contributed by atoms with van der Waals surface area (Å²) >= 11 is 0. The highest BCUT2D eigenvalue weighted by Crippen LogP contribution is 2.33. The highest BCUT2D eigenvalue weighted by Gasteiger charge is 2.14. The number of phenolic OH excluding ortho intramolecular Hbond substituents is 1. The molecule has 0 saturated carbocycles. The van der Waals surface area contributed by atoms with Crippen LogP contribution in [0.15, 0.2) is 48.5 Å². The van der Waals surface area contributed by atoms with Crippen molar-refractivity contribution in [2.75, 3.05) is 11.1 Å². The van der Waals surface area contributed by atoms with Gasteiger partial charge in [-0.25, -0.2) is 4.98 Å². The van der Waals surface area contributed by atoms with Crippen LogP contribution < -0.4 is 11.1 Å². The molecule has 0 fully saturated rings. The largest absolute Gasteiger partial charge is 0.508 e. The molecule has 2 heterocycles. The van der Waals surface area contributed by atoms with E-state index in [1.807, 2.05) is 30.3 Å². The number of hydrogen-bond donors (Lipinski definition) is 4. The molecule has 2 aromatic carbocycles. The summed E-state index contributed by atoms with van der Waals surface area (Å²) in [5, 5.41) is 21.5. The van der Waals surface area contributed by atoms with Gasteiger partial charge in [0.15, 0.2) is 5.82 Å². The average molecular weight is 291 g/mol. The van der Waals surface area contributed by atoms with Gasteiger partial charge in [-0.1, -0.05) is 24.3 Å². The quantitative estimate of drug-likeness (QED) is 0.454. The average Bonchev–Trinajstić information content (AvgIpc) is 2.90. The zero-order chi connectivity index (χ0) is 15.1. The lowest BCUT2D eigenvalue weighted by Crippen LogP contribution is -1.97. The van der Waals surface area contributed by atoms with Gasteiger partial charge in [0.05, 0.1) is 16.4 Å². The number of para-hydroxylation sites is 1. The summed E-state index contributed by atoms with van der Waals surface area (Å²) in [4.78, 5) is 4.63. The Morgan fingerprint density at radius 2 is 1.95 bits per heavy atom. The molecule has 22 heavy (non-hydrogen) atoms. The minimum Gasteiger partial charge on any atom is -0.508 e. The van der Waals surface area contributed by atoms with Crippen molar-refractivity contribution < 1.29 is 5.11 Å². The molecule has 0 bridgehead atoms. The molecule has 0 aliphatic carbocycles. The number of benzene rings is 2. The summed E-state index contributed by atoms with van der Waals surface area (Å²) in [5.41, 5.74) is 8.38. The predicted octanol–water partition coefficient (Wildman–Crippen LogP) is 3.14. The Morgan fingerprint density at radius 3 is 2.82 bits per heavy atom. The van der Waals surface area contributed by atoms with Gasteiger partial charge in [-0.15, -0.1) is 0 Å². The maximum atomic E-state index is 9.59. The Balaban J connectivity index is 1.96. The van der Waals surface area contributed by atoms with Crippen LogP contribution in [0.5, 0.6) is 5.75 Å². The van der Waals surface area contributed by atoms with Crippen molar-refractivity contribution >= 4 is 39.1 Å². The normalized spacial score (nSPS) is 11.1. The number of phenols is 1. The molecule has 0 spiro atoms. The summed E-state index contributed by atoms with van der Waals surface area (Å²) in [6.45, 7) is 0. The lowest BCUT2D eigenvalue weighted by atomic mass is 10.1. The van der Waals surface area contributed by atoms with Crippen LogP contribution in [-0.4, -0.2) is 20.3 Å². The Labute approximate surface area is 125 Å². The number of nitrogens with one attached hydrogen (secondary N) is 2. The number of nitrogen functional groups attached to an aromatic ring is 1. The Bertz CT molecular complexity index is 992. The molecule has 4 aromatic rings. The van der Waals surface area contributed by atoms with Gasteiger partial charge in [0, 0.05) is 17.1 Å². The maximum absolute atomic E-state index is 9.59. The lowest BCUT2D eigenvalue weighted by molar-refractivity contribution is 0.475. The third-order valence-corrected chi connectivity index (χ3v) is 3.55. The van der Waals surface area contributed by atoms with Crippen LogP contribution in [0.25, 0.3) is 21.8 Å². The molecule has 5 N–H and O–H groups in total. The minimum absolute atomic E-state index is 0.183. The number of nitrogens with two attached hydrogens (primary N) is 1. The number of hydrogen-bond acceptors (Lipinski definition) is 5. The van der Waals surface area contributed by atoms with E-state index in [9.17, 15) is 5.11 Å². The first-order chi connectivity index (χ1) is 10.7. The van der Waals surface area contributed by atoms with Gasteiger partial charge < -0.3 is 16.2 Å². The fourth-order valence-corrected chi connectivity index (χ4v) is 2.56. The van der Waals surface area contributed by atoms with Gasteiger partial charge in [-0.3, -0.25) is 5.10 Å². The lowest BCUT2D eigenvalue weighted by Gasteiger charge is -2.09. The third-order valence-electron chi connectivity index (χ3n) is 3.55. The Kier molecular flexibility index (Phi) is 2.62. The van der Waals surface area contributed by atoms with Crippen molar-refractivity contribution in [1.29, 1.82) is 0 Å². The van der Waals surface area contributed by atoms with Gasteiger partial charge in [0.2, 0.25) is 0 Å². The number of nitrogens with zero attached hydrogens (tertiary/aromatic N) is 2. The molecule has 0 amide bonds.